The van der Waals surface area contributed by atoms with Crippen LogP contribution >= 0.6 is 0 Å². The van der Waals surface area contributed by atoms with Crippen molar-refractivity contribution >= 4 is 17.3 Å². The van der Waals surface area contributed by atoms with Crippen molar-refractivity contribution in [2.24, 2.45) is 0 Å². The van der Waals surface area contributed by atoms with Gasteiger partial charge in [0.25, 0.3) is 0 Å². The van der Waals surface area contributed by atoms with E-state index < -0.39 is 0 Å². The standard InChI is InChI=1S/C18H20N2O/c1-11-8-12(2)17(13(3)9-11)20-18(21)15-10-19-16-7-5-4-6-14(15)16/h4-9,15,19H,10H2,1-3H3,(H,20,21). The number of rotatable bonds is 2. The maximum Gasteiger partial charge on any atom is 0.233 e. The third kappa shape index (κ3) is 2.51. The van der Waals surface area contributed by atoms with Gasteiger partial charge in [-0.05, 0) is 43.5 Å². The van der Waals surface area contributed by atoms with E-state index in [0.29, 0.717) is 6.54 Å². The fraction of sp³-hybridized carbons (Fsp3) is 0.278. The topological polar surface area (TPSA) is 41.1 Å². The number of nitrogens with one attached hydrogen (secondary N) is 2. The molecule has 0 bridgehead atoms. The van der Waals surface area contributed by atoms with Gasteiger partial charge >= 0.3 is 0 Å². The zero-order chi connectivity index (χ0) is 15.0. The lowest BCUT2D eigenvalue weighted by Crippen LogP contribution is -2.23. The Labute approximate surface area is 125 Å². The van der Waals surface area contributed by atoms with Crippen molar-refractivity contribution < 1.29 is 4.79 Å². The van der Waals surface area contributed by atoms with Crippen LogP contribution in [0.5, 0.6) is 0 Å². The van der Waals surface area contributed by atoms with Gasteiger partial charge in [0, 0.05) is 17.9 Å². The van der Waals surface area contributed by atoms with E-state index >= 15 is 0 Å². The van der Waals surface area contributed by atoms with Gasteiger partial charge in [-0.1, -0.05) is 35.9 Å². The molecule has 0 saturated heterocycles. The van der Waals surface area contributed by atoms with Crippen LogP contribution in [0, 0.1) is 20.8 Å². The Balaban J connectivity index is 1.86. The Morgan fingerprint density at radius 3 is 2.52 bits per heavy atom. The van der Waals surface area contributed by atoms with E-state index in [1.54, 1.807) is 0 Å². The summed E-state index contributed by atoms with van der Waals surface area (Å²) in [6, 6.07) is 12.2. The molecule has 1 heterocycles. The minimum Gasteiger partial charge on any atom is -0.384 e. The summed E-state index contributed by atoms with van der Waals surface area (Å²) < 4.78 is 0. The second-order valence-corrected chi connectivity index (χ2v) is 5.78. The Hall–Kier alpha value is -2.29. The van der Waals surface area contributed by atoms with Gasteiger partial charge in [0.15, 0.2) is 0 Å². The smallest absolute Gasteiger partial charge is 0.233 e. The number of carbonyl (C=O) groups excluding carboxylic acids is 1. The predicted octanol–water partition coefficient (Wildman–Crippen LogP) is 3.76. The van der Waals surface area contributed by atoms with Crippen molar-refractivity contribution in [1.82, 2.24) is 0 Å². The van der Waals surface area contributed by atoms with Crippen LogP contribution in [0.15, 0.2) is 36.4 Å². The number of amides is 1. The average Bonchev–Trinajstić information content (AvgIpc) is 2.86. The third-order valence-corrected chi connectivity index (χ3v) is 4.07. The molecule has 0 saturated carbocycles. The molecule has 0 radical (unpaired) electrons. The Morgan fingerprint density at radius 2 is 1.81 bits per heavy atom. The molecule has 2 aromatic carbocycles. The van der Waals surface area contributed by atoms with Crippen LogP contribution in [0.4, 0.5) is 11.4 Å². The summed E-state index contributed by atoms with van der Waals surface area (Å²) in [6.45, 7) is 6.81. The van der Waals surface area contributed by atoms with Crippen molar-refractivity contribution in [2.75, 3.05) is 17.2 Å². The molecule has 3 nitrogen and oxygen atoms in total. The number of carbonyl (C=O) groups is 1. The van der Waals surface area contributed by atoms with Gasteiger partial charge in [-0.25, -0.2) is 0 Å². The molecule has 2 aromatic rings. The fourth-order valence-corrected chi connectivity index (χ4v) is 3.11. The molecule has 3 heteroatoms. The normalized spacial score (nSPS) is 16.2. The van der Waals surface area contributed by atoms with Crippen LogP contribution < -0.4 is 10.6 Å². The molecule has 2 N–H and O–H groups in total. The second kappa shape index (κ2) is 5.24. The largest absolute Gasteiger partial charge is 0.384 e. The lowest BCUT2D eigenvalue weighted by Gasteiger charge is -2.16. The highest BCUT2D eigenvalue weighted by Gasteiger charge is 2.28. The Kier molecular flexibility index (Phi) is 3.42. The van der Waals surface area contributed by atoms with Crippen molar-refractivity contribution in [2.45, 2.75) is 26.7 Å². The van der Waals surface area contributed by atoms with Crippen molar-refractivity contribution in [3.63, 3.8) is 0 Å². The minimum absolute atomic E-state index is 0.0579. The van der Waals surface area contributed by atoms with E-state index in [2.05, 4.69) is 29.7 Å². The number of anilines is 2. The average molecular weight is 280 g/mol. The number of benzene rings is 2. The van der Waals surface area contributed by atoms with Gasteiger partial charge < -0.3 is 10.6 Å². The first-order valence-electron chi connectivity index (χ1n) is 7.28. The second-order valence-electron chi connectivity index (χ2n) is 5.78. The zero-order valence-electron chi connectivity index (χ0n) is 12.7. The van der Waals surface area contributed by atoms with Gasteiger partial charge in [0.1, 0.15) is 0 Å². The summed E-state index contributed by atoms with van der Waals surface area (Å²) in [7, 11) is 0. The molecule has 21 heavy (non-hydrogen) atoms. The molecular weight excluding hydrogens is 260 g/mol. The van der Waals surface area contributed by atoms with E-state index in [4.69, 9.17) is 0 Å². The molecule has 0 fully saturated rings. The molecule has 1 aliphatic rings. The maximum absolute atomic E-state index is 12.6. The molecule has 1 unspecified atom stereocenters. The quantitative estimate of drug-likeness (QED) is 0.879. The first-order chi connectivity index (χ1) is 10.1. The van der Waals surface area contributed by atoms with Crippen LogP contribution in [0.1, 0.15) is 28.2 Å². The van der Waals surface area contributed by atoms with Crippen molar-refractivity contribution in [1.29, 1.82) is 0 Å². The lowest BCUT2D eigenvalue weighted by atomic mass is 9.99. The van der Waals surface area contributed by atoms with Crippen LogP contribution in [0.25, 0.3) is 0 Å². The van der Waals surface area contributed by atoms with Gasteiger partial charge in [-0.3, -0.25) is 4.79 Å². The molecule has 108 valence electrons. The predicted molar refractivity (Wildman–Crippen MR) is 87.0 cm³/mol. The van der Waals surface area contributed by atoms with Crippen LogP contribution in [0.3, 0.4) is 0 Å². The summed E-state index contributed by atoms with van der Waals surface area (Å²) >= 11 is 0. The van der Waals surface area contributed by atoms with Gasteiger partial charge in [-0.2, -0.15) is 0 Å². The van der Waals surface area contributed by atoms with E-state index in [1.165, 1.54) is 5.56 Å². The molecular formula is C18H20N2O. The number of aryl methyl sites for hydroxylation is 3. The van der Waals surface area contributed by atoms with E-state index in [1.807, 2.05) is 38.1 Å². The summed E-state index contributed by atoms with van der Waals surface area (Å²) in [4.78, 5) is 12.6. The summed E-state index contributed by atoms with van der Waals surface area (Å²) in [5.41, 5.74) is 6.53. The first kappa shape index (κ1) is 13.7. The summed E-state index contributed by atoms with van der Waals surface area (Å²) in [6.07, 6.45) is 0. The third-order valence-electron chi connectivity index (χ3n) is 4.07. The summed E-state index contributed by atoms with van der Waals surface area (Å²) in [5.74, 6) is -0.0659. The van der Waals surface area contributed by atoms with Crippen molar-refractivity contribution in [3.8, 4) is 0 Å². The molecule has 0 spiro atoms. The highest BCUT2D eigenvalue weighted by atomic mass is 16.1. The Morgan fingerprint density at radius 1 is 1.14 bits per heavy atom. The zero-order valence-corrected chi connectivity index (χ0v) is 12.7. The van der Waals surface area contributed by atoms with Gasteiger partial charge in [0.2, 0.25) is 5.91 Å². The molecule has 1 aliphatic heterocycles. The van der Waals surface area contributed by atoms with Gasteiger partial charge in [0.05, 0.1) is 5.92 Å². The van der Waals surface area contributed by atoms with Crippen molar-refractivity contribution in [3.05, 3.63) is 58.7 Å². The fourth-order valence-electron chi connectivity index (χ4n) is 3.11. The molecule has 0 aliphatic carbocycles. The molecule has 1 atom stereocenters. The number of hydrogen-bond donors (Lipinski definition) is 2. The van der Waals surface area contributed by atoms with E-state index in [-0.39, 0.29) is 11.8 Å². The number of para-hydroxylation sites is 1. The molecule has 0 aromatic heterocycles. The minimum atomic E-state index is -0.124. The van der Waals surface area contributed by atoms with Crippen LogP contribution in [-0.4, -0.2) is 12.5 Å². The van der Waals surface area contributed by atoms with Crippen LogP contribution in [0.2, 0.25) is 0 Å². The van der Waals surface area contributed by atoms with E-state index in [9.17, 15) is 4.79 Å². The number of fused-ring (bicyclic) bond motifs is 1. The van der Waals surface area contributed by atoms with Gasteiger partial charge in [-0.15, -0.1) is 0 Å². The van der Waals surface area contributed by atoms with Crippen LogP contribution in [-0.2, 0) is 4.79 Å². The molecule has 1 amide bonds. The first-order valence-corrected chi connectivity index (χ1v) is 7.28. The van der Waals surface area contributed by atoms with E-state index in [0.717, 1.165) is 28.1 Å². The monoisotopic (exact) mass is 280 g/mol. The number of hydrogen-bond acceptors (Lipinski definition) is 2. The maximum atomic E-state index is 12.6. The summed E-state index contributed by atoms with van der Waals surface area (Å²) in [5, 5.41) is 6.40. The SMILES string of the molecule is Cc1cc(C)c(NC(=O)C2CNc3ccccc32)c(C)c1. The Bertz CT molecular complexity index is 683. The highest BCUT2D eigenvalue weighted by Crippen LogP contribution is 2.32. The lowest BCUT2D eigenvalue weighted by molar-refractivity contribution is -0.117. The molecule has 3 rings (SSSR count). The highest BCUT2D eigenvalue weighted by molar-refractivity contribution is 5.99.